The normalized spacial score (nSPS) is 26.1. The minimum Gasteiger partial charge on any atom is -0.458 e. The predicted octanol–water partition coefficient (Wildman–Crippen LogP) is 2.13. The zero-order valence-corrected chi connectivity index (χ0v) is 15.4. The number of ether oxygens (including phenoxy) is 3. The van der Waals surface area contributed by atoms with E-state index in [4.69, 9.17) is 14.2 Å². The highest BCUT2D eigenvalue weighted by atomic mass is 16.6. The number of hydrogen-bond acceptors (Lipinski definition) is 7. The molecule has 1 fully saturated rings. The Labute approximate surface area is 149 Å². The highest BCUT2D eigenvalue weighted by Crippen LogP contribution is 2.29. The molecule has 0 radical (unpaired) electrons. The second-order valence-corrected chi connectivity index (χ2v) is 6.36. The molecule has 1 unspecified atom stereocenters. The first-order chi connectivity index (χ1) is 11.9. The van der Waals surface area contributed by atoms with Crippen molar-refractivity contribution in [2.75, 3.05) is 6.61 Å². The van der Waals surface area contributed by atoms with Crippen LogP contribution in [-0.2, 0) is 28.6 Å². The Balaban J connectivity index is 2.91. The molecule has 4 atom stereocenters. The van der Waals surface area contributed by atoms with Gasteiger partial charge in [0.15, 0.2) is 12.4 Å². The van der Waals surface area contributed by atoms with Gasteiger partial charge in [-0.1, -0.05) is 20.8 Å². The SMILES string of the molecule is CCCC(=O)C[C@H]1C(O)OC[C@@H](OC(=O)CCC)[C@@H]1OC(=O)CCC. The van der Waals surface area contributed by atoms with Gasteiger partial charge in [0.05, 0.1) is 12.5 Å². The summed E-state index contributed by atoms with van der Waals surface area (Å²) in [7, 11) is 0. The molecule has 0 aromatic rings. The second kappa shape index (κ2) is 11.2. The van der Waals surface area contributed by atoms with Crippen LogP contribution in [0.3, 0.4) is 0 Å². The van der Waals surface area contributed by atoms with E-state index < -0.39 is 36.4 Å². The number of esters is 2. The van der Waals surface area contributed by atoms with Gasteiger partial charge in [-0.3, -0.25) is 14.4 Å². The van der Waals surface area contributed by atoms with Crippen LogP contribution in [0.2, 0.25) is 0 Å². The van der Waals surface area contributed by atoms with Gasteiger partial charge in [0.2, 0.25) is 0 Å². The van der Waals surface area contributed by atoms with Crippen LogP contribution in [0.1, 0.15) is 65.7 Å². The average molecular weight is 358 g/mol. The highest BCUT2D eigenvalue weighted by molar-refractivity contribution is 5.78. The molecule has 1 rings (SSSR count). The van der Waals surface area contributed by atoms with Gasteiger partial charge >= 0.3 is 11.9 Å². The molecule has 1 aliphatic heterocycles. The van der Waals surface area contributed by atoms with Crippen molar-refractivity contribution >= 4 is 17.7 Å². The van der Waals surface area contributed by atoms with Crippen LogP contribution >= 0.6 is 0 Å². The zero-order chi connectivity index (χ0) is 18.8. The standard InChI is InChI=1S/C18H30O7/c1-4-7-12(19)10-13-17(25-16(21)9-6-3)14(11-23-18(13)22)24-15(20)8-5-2/h13-14,17-18,22H,4-11H2,1-3H3/t13-,14-,17-,18?/m1/s1. The van der Waals surface area contributed by atoms with Crippen molar-refractivity contribution in [3.63, 3.8) is 0 Å². The fraction of sp³-hybridized carbons (Fsp3) is 0.833. The van der Waals surface area contributed by atoms with E-state index in [0.29, 0.717) is 25.7 Å². The number of carbonyl (C=O) groups excluding carboxylic acids is 3. The zero-order valence-electron chi connectivity index (χ0n) is 15.4. The molecule has 7 heteroatoms. The maximum atomic E-state index is 12.0. The molecule has 0 aliphatic carbocycles. The van der Waals surface area contributed by atoms with Crippen molar-refractivity contribution in [2.24, 2.45) is 5.92 Å². The van der Waals surface area contributed by atoms with E-state index in [9.17, 15) is 19.5 Å². The number of carbonyl (C=O) groups is 3. The van der Waals surface area contributed by atoms with Crippen molar-refractivity contribution in [3.8, 4) is 0 Å². The van der Waals surface area contributed by atoms with E-state index in [2.05, 4.69) is 0 Å². The maximum Gasteiger partial charge on any atom is 0.306 e. The first-order valence-electron chi connectivity index (χ1n) is 9.13. The monoisotopic (exact) mass is 358 g/mol. The van der Waals surface area contributed by atoms with Crippen molar-refractivity contribution in [3.05, 3.63) is 0 Å². The van der Waals surface area contributed by atoms with Gasteiger partial charge in [0.25, 0.3) is 0 Å². The second-order valence-electron chi connectivity index (χ2n) is 6.36. The van der Waals surface area contributed by atoms with Crippen LogP contribution in [0.5, 0.6) is 0 Å². The van der Waals surface area contributed by atoms with E-state index in [1.54, 1.807) is 0 Å². The van der Waals surface area contributed by atoms with Crippen molar-refractivity contribution in [1.82, 2.24) is 0 Å². The summed E-state index contributed by atoms with van der Waals surface area (Å²) in [6.45, 7) is 5.52. The number of aliphatic hydroxyl groups is 1. The summed E-state index contributed by atoms with van der Waals surface area (Å²) >= 11 is 0. The molecule has 1 heterocycles. The Bertz CT molecular complexity index is 449. The number of rotatable bonds is 10. The molecular formula is C18H30O7. The summed E-state index contributed by atoms with van der Waals surface area (Å²) in [5, 5.41) is 10.1. The molecule has 7 nitrogen and oxygen atoms in total. The molecule has 0 saturated carbocycles. The molecule has 0 amide bonds. The molecule has 144 valence electrons. The van der Waals surface area contributed by atoms with Gasteiger partial charge in [-0.2, -0.15) is 0 Å². The molecule has 0 bridgehead atoms. The lowest BCUT2D eigenvalue weighted by Gasteiger charge is -2.39. The third-order valence-electron chi connectivity index (χ3n) is 4.04. The number of ketones is 1. The third-order valence-corrected chi connectivity index (χ3v) is 4.04. The molecule has 0 aromatic heterocycles. The summed E-state index contributed by atoms with van der Waals surface area (Å²) in [6.07, 6.45) is -0.142. The fourth-order valence-electron chi connectivity index (χ4n) is 2.82. The van der Waals surface area contributed by atoms with Gasteiger partial charge in [-0.25, -0.2) is 0 Å². The first kappa shape index (κ1) is 21.6. The van der Waals surface area contributed by atoms with E-state index in [1.165, 1.54) is 0 Å². The third kappa shape index (κ3) is 7.12. The number of hydrogen-bond donors (Lipinski definition) is 1. The summed E-state index contributed by atoms with van der Waals surface area (Å²) in [4.78, 5) is 35.8. The Morgan fingerprint density at radius 3 is 2.08 bits per heavy atom. The largest absolute Gasteiger partial charge is 0.458 e. The summed E-state index contributed by atoms with van der Waals surface area (Å²) in [6, 6.07) is 0. The van der Waals surface area contributed by atoms with E-state index in [1.807, 2.05) is 20.8 Å². The average Bonchev–Trinajstić information content (AvgIpc) is 2.54. The number of Topliss-reactive ketones (excluding diaryl/α,β-unsaturated/α-hetero) is 1. The highest BCUT2D eigenvalue weighted by Gasteiger charge is 2.45. The minimum atomic E-state index is -1.23. The topological polar surface area (TPSA) is 99.1 Å². The summed E-state index contributed by atoms with van der Waals surface area (Å²) < 4.78 is 16.1. The fourth-order valence-corrected chi connectivity index (χ4v) is 2.82. The first-order valence-corrected chi connectivity index (χ1v) is 9.13. The molecule has 0 aromatic carbocycles. The van der Waals surface area contributed by atoms with Gasteiger partial charge in [-0.05, 0) is 19.3 Å². The van der Waals surface area contributed by atoms with Gasteiger partial charge < -0.3 is 19.3 Å². The lowest BCUT2D eigenvalue weighted by Crippen LogP contribution is -2.53. The van der Waals surface area contributed by atoms with Gasteiger partial charge in [0.1, 0.15) is 11.9 Å². The Hall–Kier alpha value is -1.47. The van der Waals surface area contributed by atoms with E-state index >= 15 is 0 Å². The molecular weight excluding hydrogens is 328 g/mol. The minimum absolute atomic E-state index is 0.0148. The van der Waals surface area contributed by atoms with E-state index in [-0.39, 0.29) is 31.7 Å². The van der Waals surface area contributed by atoms with Crippen LogP contribution in [0.15, 0.2) is 0 Å². The smallest absolute Gasteiger partial charge is 0.306 e. The Kier molecular flexibility index (Phi) is 9.67. The van der Waals surface area contributed by atoms with Crippen LogP contribution in [-0.4, -0.2) is 47.9 Å². The maximum absolute atomic E-state index is 12.0. The van der Waals surface area contributed by atoms with Crippen molar-refractivity contribution in [2.45, 2.75) is 84.2 Å². The summed E-state index contributed by atoms with van der Waals surface area (Å²) in [5.74, 6) is -1.64. The van der Waals surface area contributed by atoms with E-state index in [0.717, 1.165) is 0 Å². The van der Waals surface area contributed by atoms with Gasteiger partial charge in [-0.15, -0.1) is 0 Å². The van der Waals surface area contributed by atoms with Crippen molar-refractivity contribution in [1.29, 1.82) is 0 Å². The van der Waals surface area contributed by atoms with Crippen LogP contribution in [0.4, 0.5) is 0 Å². The molecule has 1 N–H and O–H groups in total. The molecule has 25 heavy (non-hydrogen) atoms. The van der Waals surface area contributed by atoms with Crippen LogP contribution in [0.25, 0.3) is 0 Å². The van der Waals surface area contributed by atoms with Gasteiger partial charge in [0, 0.05) is 25.7 Å². The predicted molar refractivity (Wildman–Crippen MR) is 89.6 cm³/mol. The molecule has 1 aliphatic rings. The molecule has 1 saturated heterocycles. The lowest BCUT2D eigenvalue weighted by atomic mass is 9.88. The quantitative estimate of drug-likeness (QED) is 0.597. The summed E-state index contributed by atoms with van der Waals surface area (Å²) in [5.41, 5.74) is 0. The molecule has 0 spiro atoms. The van der Waals surface area contributed by atoms with Crippen molar-refractivity contribution < 1.29 is 33.7 Å². The van der Waals surface area contributed by atoms with Crippen LogP contribution < -0.4 is 0 Å². The van der Waals surface area contributed by atoms with Crippen LogP contribution in [0, 0.1) is 5.92 Å². The Morgan fingerprint density at radius 1 is 0.960 bits per heavy atom. The Morgan fingerprint density at radius 2 is 1.52 bits per heavy atom. The number of aliphatic hydroxyl groups excluding tert-OH is 1. The lowest BCUT2D eigenvalue weighted by molar-refractivity contribution is -0.245.